The molecule has 146 valence electrons. The van der Waals surface area contributed by atoms with Gasteiger partial charge in [0.05, 0.1) is 12.2 Å². The normalized spacial score (nSPS) is 20.7. The van der Waals surface area contributed by atoms with E-state index in [1.807, 2.05) is 18.2 Å². The molecule has 2 aliphatic heterocycles. The first-order chi connectivity index (χ1) is 13.1. The van der Waals surface area contributed by atoms with E-state index >= 15 is 0 Å². The standard InChI is InChI=1S/C19H26N4O2S2/c24-27(25,22-10-4-5-11-22)23-12-6-9-21(13-14-23)15-19-20-18(16-26-19)17-7-2-1-3-8-17/h1-3,7-8,16H,4-6,9-15H2. The van der Waals surface area contributed by atoms with E-state index in [2.05, 4.69) is 22.4 Å². The van der Waals surface area contributed by atoms with Gasteiger partial charge in [0, 0.05) is 43.7 Å². The maximum Gasteiger partial charge on any atom is 0.282 e. The number of thiazole rings is 1. The fourth-order valence-electron chi connectivity index (χ4n) is 3.73. The molecule has 1 aromatic heterocycles. The minimum atomic E-state index is -3.29. The van der Waals surface area contributed by atoms with Gasteiger partial charge in [-0.3, -0.25) is 4.90 Å². The summed E-state index contributed by atoms with van der Waals surface area (Å²) in [4.78, 5) is 7.10. The Morgan fingerprint density at radius 1 is 0.889 bits per heavy atom. The summed E-state index contributed by atoms with van der Waals surface area (Å²) in [5.41, 5.74) is 2.16. The zero-order valence-corrected chi connectivity index (χ0v) is 17.1. The Hall–Kier alpha value is -1.32. The molecule has 2 aromatic rings. The summed E-state index contributed by atoms with van der Waals surface area (Å²) in [6.45, 7) is 4.97. The molecule has 27 heavy (non-hydrogen) atoms. The molecule has 0 bridgehead atoms. The Balaban J connectivity index is 1.37. The summed E-state index contributed by atoms with van der Waals surface area (Å²) in [6, 6.07) is 10.2. The van der Waals surface area contributed by atoms with Crippen LogP contribution >= 0.6 is 11.3 Å². The monoisotopic (exact) mass is 406 g/mol. The molecular formula is C19H26N4O2S2. The SMILES string of the molecule is O=S(=O)(N1CCCC1)N1CCCN(Cc2nc(-c3ccccc3)cs2)CC1. The van der Waals surface area contributed by atoms with Crippen LogP contribution in [0.4, 0.5) is 0 Å². The summed E-state index contributed by atoms with van der Waals surface area (Å²) in [5.74, 6) is 0. The first kappa shape index (κ1) is 19.0. The maximum atomic E-state index is 12.8. The molecule has 2 fully saturated rings. The Bertz CT molecular complexity index is 848. The summed E-state index contributed by atoms with van der Waals surface area (Å²) < 4.78 is 28.9. The molecule has 0 aliphatic carbocycles. The lowest BCUT2D eigenvalue weighted by atomic mass is 10.2. The Labute approximate surface area is 165 Å². The van der Waals surface area contributed by atoms with Crippen molar-refractivity contribution in [1.82, 2.24) is 18.5 Å². The number of nitrogens with zero attached hydrogens (tertiary/aromatic N) is 4. The molecule has 1 aromatic carbocycles. The minimum Gasteiger partial charge on any atom is -0.295 e. The van der Waals surface area contributed by atoms with Gasteiger partial charge in [-0.25, -0.2) is 4.98 Å². The van der Waals surface area contributed by atoms with Crippen LogP contribution in [0, 0.1) is 0 Å². The average Bonchev–Trinajstić information content (AvgIpc) is 3.32. The highest BCUT2D eigenvalue weighted by Crippen LogP contribution is 2.23. The van der Waals surface area contributed by atoms with Gasteiger partial charge in [0.25, 0.3) is 10.2 Å². The van der Waals surface area contributed by atoms with Gasteiger partial charge in [0.1, 0.15) is 5.01 Å². The van der Waals surface area contributed by atoms with Crippen molar-refractivity contribution in [2.24, 2.45) is 0 Å². The highest BCUT2D eigenvalue weighted by Gasteiger charge is 2.32. The second-order valence-corrected chi connectivity index (χ2v) is 10.0. The zero-order chi connectivity index (χ0) is 18.7. The molecule has 8 heteroatoms. The van der Waals surface area contributed by atoms with E-state index in [1.165, 1.54) is 0 Å². The van der Waals surface area contributed by atoms with Gasteiger partial charge >= 0.3 is 0 Å². The number of benzene rings is 1. The number of hydrogen-bond acceptors (Lipinski definition) is 5. The van der Waals surface area contributed by atoms with Crippen LogP contribution in [0.15, 0.2) is 35.7 Å². The van der Waals surface area contributed by atoms with Crippen molar-refractivity contribution in [2.45, 2.75) is 25.8 Å². The number of hydrogen-bond donors (Lipinski definition) is 0. The lowest BCUT2D eigenvalue weighted by Gasteiger charge is -2.26. The van der Waals surface area contributed by atoms with Crippen LogP contribution in [0.2, 0.25) is 0 Å². The van der Waals surface area contributed by atoms with Crippen LogP contribution in [-0.2, 0) is 16.8 Å². The van der Waals surface area contributed by atoms with Gasteiger partial charge < -0.3 is 0 Å². The topological polar surface area (TPSA) is 56.8 Å². The lowest BCUT2D eigenvalue weighted by Crippen LogP contribution is -2.44. The van der Waals surface area contributed by atoms with E-state index in [4.69, 9.17) is 4.98 Å². The van der Waals surface area contributed by atoms with Crippen molar-refractivity contribution >= 4 is 21.5 Å². The summed E-state index contributed by atoms with van der Waals surface area (Å²) >= 11 is 1.68. The molecule has 0 radical (unpaired) electrons. The third-order valence-electron chi connectivity index (χ3n) is 5.25. The Morgan fingerprint density at radius 3 is 2.37 bits per heavy atom. The highest BCUT2D eigenvalue weighted by atomic mass is 32.2. The summed E-state index contributed by atoms with van der Waals surface area (Å²) in [5, 5.41) is 3.19. The molecule has 0 N–H and O–H groups in total. The van der Waals surface area contributed by atoms with Gasteiger partial charge in [-0.05, 0) is 25.8 Å². The number of aromatic nitrogens is 1. The summed E-state index contributed by atoms with van der Waals surface area (Å²) in [7, 11) is -3.29. The van der Waals surface area contributed by atoms with Crippen molar-refractivity contribution < 1.29 is 8.42 Å². The Kier molecular flexibility index (Phi) is 5.89. The van der Waals surface area contributed by atoms with Crippen LogP contribution in [0.25, 0.3) is 11.3 Å². The van der Waals surface area contributed by atoms with Crippen molar-refractivity contribution in [3.8, 4) is 11.3 Å². The third-order valence-corrected chi connectivity index (χ3v) is 8.11. The van der Waals surface area contributed by atoms with Gasteiger partial charge in [-0.15, -0.1) is 11.3 Å². The van der Waals surface area contributed by atoms with E-state index in [9.17, 15) is 8.42 Å². The molecule has 0 spiro atoms. The van der Waals surface area contributed by atoms with Crippen LogP contribution in [-0.4, -0.2) is 66.2 Å². The van der Waals surface area contributed by atoms with E-state index in [0.29, 0.717) is 26.2 Å². The van der Waals surface area contributed by atoms with Crippen LogP contribution in [0.1, 0.15) is 24.3 Å². The van der Waals surface area contributed by atoms with Gasteiger partial charge in [0.2, 0.25) is 0 Å². The average molecular weight is 407 g/mol. The zero-order valence-electron chi connectivity index (χ0n) is 15.5. The molecule has 0 atom stereocenters. The summed E-state index contributed by atoms with van der Waals surface area (Å²) in [6.07, 6.45) is 2.82. The molecule has 3 heterocycles. The fraction of sp³-hybridized carbons (Fsp3) is 0.526. The maximum absolute atomic E-state index is 12.8. The third kappa shape index (κ3) is 4.41. The highest BCUT2D eigenvalue weighted by molar-refractivity contribution is 7.86. The van der Waals surface area contributed by atoms with Gasteiger partial charge in [-0.1, -0.05) is 30.3 Å². The van der Waals surface area contributed by atoms with E-state index < -0.39 is 10.2 Å². The molecular weight excluding hydrogens is 380 g/mol. The van der Waals surface area contributed by atoms with E-state index in [-0.39, 0.29) is 0 Å². The lowest BCUT2D eigenvalue weighted by molar-refractivity contribution is 0.276. The van der Waals surface area contributed by atoms with Crippen molar-refractivity contribution in [3.05, 3.63) is 40.7 Å². The molecule has 6 nitrogen and oxygen atoms in total. The van der Waals surface area contributed by atoms with Crippen LogP contribution in [0.3, 0.4) is 0 Å². The van der Waals surface area contributed by atoms with Crippen molar-refractivity contribution in [1.29, 1.82) is 0 Å². The van der Waals surface area contributed by atoms with Crippen LogP contribution < -0.4 is 0 Å². The second kappa shape index (κ2) is 8.36. The molecule has 4 rings (SSSR count). The molecule has 0 unspecified atom stereocenters. The van der Waals surface area contributed by atoms with E-state index in [1.54, 1.807) is 19.9 Å². The van der Waals surface area contributed by atoms with Crippen molar-refractivity contribution in [3.63, 3.8) is 0 Å². The smallest absolute Gasteiger partial charge is 0.282 e. The molecule has 0 amide bonds. The predicted octanol–water partition coefficient (Wildman–Crippen LogP) is 2.66. The molecule has 2 aliphatic rings. The second-order valence-electron chi connectivity index (χ2n) is 7.14. The predicted molar refractivity (Wildman–Crippen MR) is 109 cm³/mol. The quantitative estimate of drug-likeness (QED) is 0.766. The van der Waals surface area contributed by atoms with Gasteiger partial charge in [-0.2, -0.15) is 17.0 Å². The first-order valence-electron chi connectivity index (χ1n) is 9.60. The van der Waals surface area contributed by atoms with E-state index in [0.717, 1.165) is 55.2 Å². The first-order valence-corrected chi connectivity index (χ1v) is 11.9. The van der Waals surface area contributed by atoms with Gasteiger partial charge in [0.15, 0.2) is 0 Å². The molecule has 0 saturated carbocycles. The number of rotatable bonds is 5. The largest absolute Gasteiger partial charge is 0.295 e. The van der Waals surface area contributed by atoms with Crippen molar-refractivity contribution in [2.75, 3.05) is 39.3 Å². The molecule has 2 saturated heterocycles. The fourth-order valence-corrected chi connectivity index (χ4v) is 6.30. The Morgan fingerprint density at radius 2 is 1.59 bits per heavy atom. The van der Waals surface area contributed by atoms with Crippen LogP contribution in [0.5, 0.6) is 0 Å². The minimum absolute atomic E-state index is 0.565.